The molecule has 0 fully saturated rings. The molecule has 0 amide bonds. The van der Waals surface area contributed by atoms with Crippen molar-refractivity contribution in [3.63, 3.8) is 0 Å². The molecule has 2 aromatic rings. The van der Waals surface area contributed by atoms with E-state index in [1.807, 2.05) is 12.1 Å². The van der Waals surface area contributed by atoms with Crippen molar-refractivity contribution in [2.45, 2.75) is 13.0 Å². The van der Waals surface area contributed by atoms with Crippen molar-refractivity contribution in [3.05, 3.63) is 68.3 Å². The number of rotatable bonds is 3. The van der Waals surface area contributed by atoms with Gasteiger partial charge in [0.15, 0.2) is 0 Å². The summed E-state index contributed by atoms with van der Waals surface area (Å²) in [5, 5.41) is 0. The number of nitrogens with two attached hydrogens (primary N) is 1. The molecule has 1 atom stereocenters. The summed E-state index contributed by atoms with van der Waals surface area (Å²) in [7, 11) is 0. The molecule has 1 unspecified atom stereocenters. The van der Waals surface area contributed by atoms with Crippen LogP contribution in [0.15, 0.2) is 36.4 Å². The van der Waals surface area contributed by atoms with Gasteiger partial charge in [0.05, 0.1) is 6.04 Å². The van der Waals surface area contributed by atoms with E-state index in [1.54, 1.807) is 19.1 Å². The molecule has 100 valence electrons. The minimum absolute atomic E-state index is 0.0521. The summed E-state index contributed by atoms with van der Waals surface area (Å²) in [6.45, 7) is 1.60. The fourth-order valence-corrected chi connectivity index (χ4v) is 2.30. The van der Waals surface area contributed by atoms with E-state index < -0.39 is 17.7 Å². The summed E-state index contributed by atoms with van der Waals surface area (Å²) < 4.78 is 29.1. The maximum atomic E-state index is 14.1. The van der Waals surface area contributed by atoms with Crippen molar-refractivity contribution in [3.8, 4) is 0 Å². The van der Waals surface area contributed by atoms with Crippen molar-refractivity contribution >= 4 is 22.6 Å². The zero-order chi connectivity index (χ0) is 14.0. The molecule has 0 aliphatic heterocycles. The average molecular weight is 374 g/mol. The smallest absolute Gasteiger partial charge is 0.134 e. The SMILES string of the molecule is Cc1ccc(F)c(C(NN)c2ccc(I)cc2)c1F. The van der Waals surface area contributed by atoms with Crippen LogP contribution in [0.1, 0.15) is 22.7 Å². The topological polar surface area (TPSA) is 38.0 Å². The minimum Gasteiger partial charge on any atom is -0.271 e. The lowest BCUT2D eigenvalue weighted by Crippen LogP contribution is -2.30. The number of nitrogens with one attached hydrogen (secondary N) is 1. The Morgan fingerprint density at radius 1 is 1.11 bits per heavy atom. The lowest BCUT2D eigenvalue weighted by atomic mass is 9.96. The molecule has 5 heteroatoms. The molecule has 0 saturated heterocycles. The third-order valence-corrected chi connectivity index (χ3v) is 3.70. The van der Waals surface area contributed by atoms with Crippen molar-refractivity contribution in [2.75, 3.05) is 0 Å². The van der Waals surface area contributed by atoms with E-state index in [-0.39, 0.29) is 5.56 Å². The van der Waals surface area contributed by atoms with Gasteiger partial charge in [-0.1, -0.05) is 18.2 Å². The van der Waals surface area contributed by atoms with E-state index in [9.17, 15) is 8.78 Å². The average Bonchev–Trinajstić information content (AvgIpc) is 2.40. The van der Waals surface area contributed by atoms with E-state index in [4.69, 9.17) is 5.84 Å². The highest BCUT2D eigenvalue weighted by atomic mass is 127. The van der Waals surface area contributed by atoms with Crippen LogP contribution >= 0.6 is 22.6 Å². The normalized spacial score (nSPS) is 12.5. The Bertz CT molecular complexity index is 585. The van der Waals surface area contributed by atoms with Crippen LogP contribution < -0.4 is 11.3 Å². The van der Waals surface area contributed by atoms with Gasteiger partial charge in [0, 0.05) is 9.13 Å². The maximum Gasteiger partial charge on any atom is 0.134 e. The quantitative estimate of drug-likeness (QED) is 0.491. The van der Waals surface area contributed by atoms with Crippen LogP contribution in [0.2, 0.25) is 0 Å². The van der Waals surface area contributed by atoms with Gasteiger partial charge in [-0.05, 0) is 58.8 Å². The Morgan fingerprint density at radius 3 is 2.32 bits per heavy atom. The van der Waals surface area contributed by atoms with Gasteiger partial charge >= 0.3 is 0 Å². The summed E-state index contributed by atoms with van der Waals surface area (Å²) in [6, 6.07) is 9.29. The van der Waals surface area contributed by atoms with Crippen molar-refractivity contribution in [1.29, 1.82) is 0 Å². The number of hydrazine groups is 1. The Morgan fingerprint density at radius 2 is 1.74 bits per heavy atom. The first kappa shape index (κ1) is 14.4. The molecule has 2 aromatic carbocycles. The van der Waals surface area contributed by atoms with Crippen molar-refractivity contribution in [1.82, 2.24) is 5.43 Å². The van der Waals surface area contributed by atoms with Gasteiger partial charge in [-0.2, -0.15) is 0 Å². The number of benzene rings is 2. The molecule has 0 aliphatic rings. The Labute approximate surface area is 124 Å². The number of halogens is 3. The molecule has 3 N–H and O–H groups in total. The zero-order valence-corrected chi connectivity index (χ0v) is 12.4. The van der Waals surface area contributed by atoms with E-state index in [2.05, 4.69) is 28.0 Å². The van der Waals surface area contributed by atoms with Crippen LogP contribution in [0.25, 0.3) is 0 Å². The van der Waals surface area contributed by atoms with E-state index >= 15 is 0 Å². The summed E-state index contributed by atoms with van der Waals surface area (Å²) in [4.78, 5) is 0. The van der Waals surface area contributed by atoms with Crippen LogP contribution in [-0.4, -0.2) is 0 Å². The lowest BCUT2D eigenvalue weighted by Gasteiger charge is -2.19. The van der Waals surface area contributed by atoms with Crippen LogP contribution in [-0.2, 0) is 0 Å². The molecule has 2 nitrogen and oxygen atoms in total. The second-order valence-electron chi connectivity index (χ2n) is 4.24. The highest BCUT2D eigenvalue weighted by molar-refractivity contribution is 14.1. The monoisotopic (exact) mass is 374 g/mol. The second kappa shape index (κ2) is 5.94. The predicted molar refractivity (Wildman–Crippen MR) is 79.4 cm³/mol. The molecule has 0 aromatic heterocycles. The molecular weight excluding hydrogens is 361 g/mol. The predicted octanol–water partition coefficient (Wildman–Crippen LogP) is 3.43. The molecule has 0 radical (unpaired) electrons. The highest BCUT2D eigenvalue weighted by Gasteiger charge is 2.22. The van der Waals surface area contributed by atoms with Gasteiger partial charge in [-0.25, -0.2) is 14.2 Å². The van der Waals surface area contributed by atoms with Crippen molar-refractivity contribution < 1.29 is 8.78 Å². The molecular formula is C14H13F2IN2. The third kappa shape index (κ3) is 2.93. The minimum atomic E-state index is -0.711. The zero-order valence-electron chi connectivity index (χ0n) is 10.3. The molecule has 19 heavy (non-hydrogen) atoms. The van der Waals surface area contributed by atoms with Gasteiger partial charge in [0.25, 0.3) is 0 Å². The molecule has 0 spiro atoms. The first-order valence-electron chi connectivity index (χ1n) is 5.70. The van der Waals surface area contributed by atoms with Gasteiger partial charge in [0.1, 0.15) is 11.6 Å². The fourth-order valence-electron chi connectivity index (χ4n) is 1.94. The first-order valence-corrected chi connectivity index (χ1v) is 6.78. The van der Waals surface area contributed by atoms with Crippen LogP contribution in [0.5, 0.6) is 0 Å². The Kier molecular flexibility index (Phi) is 4.49. The van der Waals surface area contributed by atoms with E-state index in [0.717, 1.165) is 3.57 Å². The van der Waals surface area contributed by atoms with Gasteiger partial charge in [-0.3, -0.25) is 5.84 Å². The Balaban J connectivity index is 2.54. The van der Waals surface area contributed by atoms with E-state index in [0.29, 0.717) is 11.1 Å². The summed E-state index contributed by atoms with van der Waals surface area (Å²) in [5.74, 6) is 4.30. The van der Waals surface area contributed by atoms with Crippen LogP contribution in [0.4, 0.5) is 8.78 Å². The Hall–Kier alpha value is -1.05. The number of aryl methyl sites for hydroxylation is 1. The summed E-state index contributed by atoms with van der Waals surface area (Å²) >= 11 is 2.17. The number of hydrogen-bond acceptors (Lipinski definition) is 2. The maximum absolute atomic E-state index is 14.1. The second-order valence-corrected chi connectivity index (χ2v) is 5.49. The highest BCUT2D eigenvalue weighted by Crippen LogP contribution is 2.28. The van der Waals surface area contributed by atoms with Gasteiger partial charge in [-0.15, -0.1) is 0 Å². The summed E-state index contributed by atoms with van der Waals surface area (Å²) in [5.41, 5.74) is 3.53. The third-order valence-electron chi connectivity index (χ3n) is 2.98. The standard InChI is InChI=1S/C14H13F2IN2/c1-8-2-7-11(15)12(13(8)16)14(19-18)9-3-5-10(17)6-4-9/h2-7,14,19H,18H2,1H3. The van der Waals surface area contributed by atoms with Gasteiger partial charge in [0.2, 0.25) is 0 Å². The van der Waals surface area contributed by atoms with Crippen LogP contribution in [0, 0.1) is 22.1 Å². The molecule has 0 saturated carbocycles. The first-order chi connectivity index (χ1) is 9.04. The van der Waals surface area contributed by atoms with E-state index in [1.165, 1.54) is 12.1 Å². The van der Waals surface area contributed by atoms with Crippen molar-refractivity contribution in [2.24, 2.45) is 5.84 Å². The van der Waals surface area contributed by atoms with Gasteiger partial charge < -0.3 is 0 Å². The molecule has 0 bridgehead atoms. The molecule has 0 aliphatic carbocycles. The lowest BCUT2D eigenvalue weighted by molar-refractivity contribution is 0.506. The van der Waals surface area contributed by atoms with Crippen LogP contribution in [0.3, 0.4) is 0 Å². The molecule has 0 heterocycles. The molecule has 2 rings (SSSR count). The largest absolute Gasteiger partial charge is 0.271 e. The number of hydrogen-bond donors (Lipinski definition) is 2. The summed E-state index contributed by atoms with van der Waals surface area (Å²) in [6.07, 6.45) is 0. The fraction of sp³-hybridized carbons (Fsp3) is 0.143.